The zero-order chi connectivity index (χ0) is 20.3. The molecule has 0 aliphatic rings. The molecule has 3 aromatic rings. The molecule has 8 nitrogen and oxygen atoms in total. The maximum atomic E-state index is 14.3. The van der Waals surface area contributed by atoms with Crippen LogP contribution in [0.15, 0.2) is 36.7 Å². The number of carbonyl (C=O) groups excluding carboxylic acids is 1. The van der Waals surface area contributed by atoms with Crippen LogP contribution in [0.25, 0.3) is 17.1 Å². The molecule has 0 spiro atoms. The van der Waals surface area contributed by atoms with Crippen LogP contribution in [0.1, 0.15) is 12.5 Å². The summed E-state index contributed by atoms with van der Waals surface area (Å²) in [6, 6.07) is 6.91. The smallest absolute Gasteiger partial charge is 0.346 e. The van der Waals surface area contributed by atoms with Gasteiger partial charge in [0.05, 0.1) is 12.8 Å². The van der Waals surface area contributed by atoms with E-state index in [1.165, 1.54) is 38.4 Å². The van der Waals surface area contributed by atoms with E-state index in [0.717, 1.165) is 16.9 Å². The standard InChI is InChI=1S/C18H13F2N5O3/c1-10(18(26)27-2)28-17-12(8-21)15(11-5-6-14(20)23-9-11)25(24-17)16-13(19)4-3-7-22-16/h3-7,9-10H,1-2H3/t10-/m1/s1. The van der Waals surface area contributed by atoms with Crippen LogP contribution >= 0.6 is 0 Å². The second-order valence-corrected chi connectivity index (χ2v) is 5.51. The fraction of sp³-hybridized carbons (Fsp3) is 0.167. The first kappa shape index (κ1) is 18.9. The van der Waals surface area contributed by atoms with E-state index in [0.29, 0.717) is 0 Å². The molecule has 0 fully saturated rings. The van der Waals surface area contributed by atoms with Crippen LogP contribution in [-0.2, 0) is 9.53 Å². The van der Waals surface area contributed by atoms with Gasteiger partial charge >= 0.3 is 5.97 Å². The van der Waals surface area contributed by atoms with Gasteiger partial charge in [0, 0.05) is 18.0 Å². The Hall–Kier alpha value is -3.87. The Kier molecular flexibility index (Phi) is 5.26. The monoisotopic (exact) mass is 385 g/mol. The molecule has 142 valence electrons. The van der Waals surface area contributed by atoms with Gasteiger partial charge in [-0.3, -0.25) is 0 Å². The predicted molar refractivity (Wildman–Crippen MR) is 91.3 cm³/mol. The second kappa shape index (κ2) is 7.79. The van der Waals surface area contributed by atoms with Crippen LogP contribution in [0.2, 0.25) is 0 Å². The molecule has 3 rings (SSSR count). The van der Waals surface area contributed by atoms with Crippen molar-refractivity contribution in [3.8, 4) is 29.0 Å². The van der Waals surface area contributed by atoms with Crippen LogP contribution in [0.5, 0.6) is 5.88 Å². The van der Waals surface area contributed by atoms with Gasteiger partial charge in [0.2, 0.25) is 5.95 Å². The number of rotatable bonds is 5. The zero-order valence-electron chi connectivity index (χ0n) is 14.8. The molecule has 1 atom stereocenters. The van der Waals surface area contributed by atoms with Crippen molar-refractivity contribution >= 4 is 5.97 Å². The molecule has 3 aromatic heterocycles. The average Bonchev–Trinajstić information content (AvgIpc) is 3.06. The van der Waals surface area contributed by atoms with Crippen molar-refractivity contribution < 1.29 is 23.0 Å². The summed E-state index contributed by atoms with van der Waals surface area (Å²) < 4.78 is 38.6. The maximum absolute atomic E-state index is 14.3. The Balaban J connectivity index is 2.23. The summed E-state index contributed by atoms with van der Waals surface area (Å²) >= 11 is 0. The highest BCUT2D eigenvalue weighted by molar-refractivity contribution is 5.75. The number of halogens is 2. The van der Waals surface area contributed by atoms with Crippen LogP contribution in [0.4, 0.5) is 8.78 Å². The van der Waals surface area contributed by atoms with Crippen LogP contribution in [0, 0.1) is 23.1 Å². The highest BCUT2D eigenvalue weighted by atomic mass is 19.1. The minimum Gasteiger partial charge on any atom is -0.466 e. The van der Waals surface area contributed by atoms with E-state index < -0.39 is 23.8 Å². The van der Waals surface area contributed by atoms with Crippen molar-refractivity contribution in [1.82, 2.24) is 19.7 Å². The normalized spacial score (nSPS) is 11.5. The van der Waals surface area contributed by atoms with Gasteiger partial charge in [-0.1, -0.05) is 0 Å². The number of ether oxygens (including phenoxy) is 2. The minimum absolute atomic E-state index is 0.0830. The molecular formula is C18H13F2N5O3. The van der Waals surface area contributed by atoms with Crippen molar-refractivity contribution in [3.05, 3.63) is 54.0 Å². The molecule has 0 N–H and O–H groups in total. The van der Waals surface area contributed by atoms with Crippen LogP contribution in [-0.4, -0.2) is 38.9 Å². The molecule has 10 heteroatoms. The van der Waals surface area contributed by atoms with Gasteiger partial charge in [0.1, 0.15) is 11.6 Å². The summed E-state index contributed by atoms with van der Waals surface area (Å²) in [6.45, 7) is 1.41. The lowest BCUT2D eigenvalue weighted by Crippen LogP contribution is -2.25. The van der Waals surface area contributed by atoms with Gasteiger partial charge < -0.3 is 9.47 Å². The summed E-state index contributed by atoms with van der Waals surface area (Å²) in [4.78, 5) is 19.1. The first-order valence-electron chi connectivity index (χ1n) is 7.96. The lowest BCUT2D eigenvalue weighted by Gasteiger charge is -2.09. The Labute approximate surface area is 158 Å². The van der Waals surface area contributed by atoms with Gasteiger partial charge in [-0.25, -0.2) is 23.8 Å². The first-order valence-corrected chi connectivity index (χ1v) is 7.96. The number of nitrogens with zero attached hydrogens (tertiary/aromatic N) is 5. The molecule has 0 unspecified atom stereocenters. The largest absolute Gasteiger partial charge is 0.466 e. The van der Waals surface area contributed by atoms with Gasteiger partial charge in [-0.2, -0.15) is 9.65 Å². The number of esters is 1. The molecule has 0 aromatic carbocycles. The molecule has 28 heavy (non-hydrogen) atoms. The van der Waals surface area contributed by atoms with Crippen LogP contribution in [0.3, 0.4) is 0 Å². The summed E-state index contributed by atoms with van der Waals surface area (Å²) in [7, 11) is 1.19. The van der Waals surface area contributed by atoms with E-state index in [9.17, 15) is 18.8 Å². The lowest BCUT2D eigenvalue weighted by atomic mass is 10.1. The number of pyridine rings is 2. The van der Waals surface area contributed by atoms with Crippen molar-refractivity contribution in [2.45, 2.75) is 13.0 Å². The Bertz CT molecular complexity index is 1060. The second-order valence-electron chi connectivity index (χ2n) is 5.51. The molecule has 0 amide bonds. The average molecular weight is 385 g/mol. The summed E-state index contributed by atoms with van der Waals surface area (Å²) in [5.41, 5.74) is 0.255. The van der Waals surface area contributed by atoms with E-state index >= 15 is 0 Å². The third kappa shape index (κ3) is 3.50. The number of aromatic nitrogens is 4. The van der Waals surface area contributed by atoms with E-state index in [-0.39, 0.29) is 28.5 Å². The number of methoxy groups -OCH3 is 1. The first-order chi connectivity index (χ1) is 13.5. The summed E-state index contributed by atoms with van der Waals surface area (Å²) in [5, 5.41) is 13.8. The molecular weight excluding hydrogens is 372 g/mol. The molecule has 0 saturated heterocycles. The SMILES string of the molecule is COC(=O)[C@@H](C)Oc1nn(-c2ncccc2F)c(-c2ccc(F)nc2)c1C#N. The number of nitriles is 1. The van der Waals surface area contributed by atoms with Crippen molar-refractivity contribution in [2.75, 3.05) is 7.11 Å². The maximum Gasteiger partial charge on any atom is 0.346 e. The van der Waals surface area contributed by atoms with E-state index in [1.54, 1.807) is 0 Å². The molecule has 0 radical (unpaired) electrons. The Morgan fingerprint density at radius 2 is 2.07 bits per heavy atom. The van der Waals surface area contributed by atoms with Crippen LogP contribution < -0.4 is 4.74 Å². The zero-order valence-corrected chi connectivity index (χ0v) is 14.8. The van der Waals surface area contributed by atoms with E-state index in [2.05, 4.69) is 19.8 Å². The van der Waals surface area contributed by atoms with E-state index in [1.807, 2.05) is 6.07 Å². The van der Waals surface area contributed by atoms with E-state index in [4.69, 9.17) is 4.74 Å². The molecule has 0 aliphatic carbocycles. The molecule has 0 bridgehead atoms. The molecule has 0 saturated carbocycles. The van der Waals surface area contributed by atoms with Crippen molar-refractivity contribution in [2.24, 2.45) is 0 Å². The number of hydrogen-bond donors (Lipinski definition) is 0. The lowest BCUT2D eigenvalue weighted by molar-refractivity contribution is -0.148. The van der Waals surface area contributed by atoms with Gasteiger partial charge in [0.25, 0.3) is 5.88 Å². The molecule has 0 aliphatic heterocycles. The predicted octanol–water partition coefficient (Wildman–Crippen LogP) is 2.42. The highest BCUT2D eigenvalue weighted by Gasteiger charge is 2.27. The quantitative estimate of drug-likeness (QED) is 0.491. The number of carbonyl (C=O) groups is 1. The summed E-state index contributed by atoms with van der Waals surface area (Å²) in [6.07, 6.45) is 1.43. The molecule has 3 heterocycles. The van der Waals surface area contributed by atoms with Gasteiger partial charge in [0.15, 0.2) is 17.7 Å². The van der Waals surface area contributed by atoms with Gasteiger partial charge in [-0.15, -0.1) is 5.10 Å². The third-order valence-electron chi connectivity index (χ3n) is 3.73. The fourth-order valence-corrected chi connectivity index (χ4v) is 2.43. The number of hydrogen-bond acceptors (Lipinski definition) is 7. The fourth-order valence-electron chi connectivity index (χ4n) is 2.43. The Morgan fingerprint density at radius 1 is 1.29 bits per heavy atom. The third-order valence-corrected chi connectivity index (χ3v) is 3.73. The van der Waals surface area contributed by atoms with Crippen molar-refractivity contribution in [1.29, 1.82) is 5.26 Å². The summed E-state index contributed by atoms with van der Waals surface area (Å²) in [5.74, 6) is -2.57. The Morgan fingerprint density at radius 3 is 2.68 bits per heavy atom. The topological polar surface area (TPSA) is 103 Å². The van der Waals surface area contributed by atoms with Gasteiger partial charge in [-0.05, 0) is 31.2 Å². The highest BCUT2D eigenvalue weighted by Crippen LogP contribution is 2.33. The minimum atomic E-state index is -1.08. The van der Waals surface area contributed by atoms with Crippen molar-refractivity contribution in [3.63, 3.8) is 0 Å².